The maximum absolute atomic E-state index is 12.5. The Labute approximate surface area is 138 Å². The van der Waals surface area contributed by atoms with Crippen molar-refractivity contribution in [2.45, 2.75) is 25.4 Å². The molecule has 2 aromatic rings. The number of urea groups is 1. The minimum absolute atomic E-state index is 0.00336. The Kier molecular flexibility index (Phi) is 3.83. The number of ether oxygens (including phenoxy) is 2. The van der Waals surface area contributed by atoms with E-state index >= 15 is 0 Å². The van der Waals surface area contributed by atoms with Gasteiger partial charge in [-0.15, -0.1) is 0 Å². The summed E-state index contributed by atoms with van der Waals surface area (Å²) in [5.74, 6) is 1.51. The number of hydrogen-bond donors (Lipinski definition) is 1. The monoisotopic (exact) mass is 330 g/mol. The van der Waals surface area contributed by atoms with E-state index in [4.69, 9.17) is 9.47 Å². The number of nitrogens with one attached hydrogen (secondary N) is 1. The molecular formula is C17H18N2O3S. The molecule has 2 aliphatic rings. The number of carbonyl (C=O) groups is 1. The predicted octanol–water partition coefficient (Wildman–Crippen LogP) is 3.52. The van der Waals surface area contributed by atoms with Gasteiger partial charge in [-0.25, -0.2) is 4.79 Å². The number of amides is 2. The number of nitrogens with zero attached hydrogens (tertiary/aromatic N) is 1. The molecule has 1 aromatic heterocycles. The SMILES string of the molecule is O=C(NCc1ccc2c(c1)OCO2)N1CCC[C@@H]1c1ccsc1. The standard InChI is InChI=1S/C17H18N2O3S/c20-17(19-6-1-2-14(19)13-5-7-23-10-13)18-9-12-3-4-15-16(8-12)22-11-21-15/h3-5,7-8,10,14H,1-2,6,9,11H2,(H,18,20)/t14-/m1/s1. The number of fused-ring (bicyclic) bond motifs is 1. The summed E-state index contributed by atoms with van der Waals surface area (Å²) in [7, 11) is 0. The molecule has 3 heterocycles. The van der Waals surface area contributed by atoms with Gasteiger partial charge < -0.3 is 19.7 Å². The third kappa shape index (κ3) is 2.86. The topological polar surface area (TPSA) is 50.8 Å². The Bertz CT molecular complexity index is 702. The van der Waals surface area contributed by atoms with E-state index in [9.17, 15) is 4.79 Å². The fourth-order valence-electron chi connectivity index (χ4n) is 3.15. The smallest absolute Gasteiger partial charge is 0.318 e. The number of rotatable bonds is 3. The van der Waals surface area contributed by atoms with Crippen LogP contribution in [-0.4, -0.2) is 24.3 Å². The second-order valence-corrected chi connectivity index (χ2v) is 6.53. The van der Waals surface area contributed by atoms with Gasteiger partial charge in [0.25, 0.3) is 0 Å². The molecule has 0 saturated carbocycles. The van der Waals surface area contributed by atoms with Gasteiger partial charge >= 0.3 is 6.03 Å². The molecule has 0 aliphatic carbocycles. The Hall–Kier alpha value is -2.21. The summed E-state index contributed by atoms with van der Waals surface area (Å²) in [6.07, 6.45) is 2.09. The lowest BCUT2D eigenvalue weighted by molar-refractivity contribution is 0.174. The van der Waals surface area contributed by atoms with Gasteiger partial charge in [0.2, 0.25) is 6.79 Å². The van der Waals surface area contributed by atoms with Crippen LogP contribution in [0.1, 0.15) is 30.0 Å². The molecule has 1 atom stereocenters. The van der Waals surface area contributed by atoms with Crippen LogP contribution in [0.3, 0.4) is 0 Å². The summed E-state index contributed by atoms with van der Waals surface area (Å²) in [4.78, 5) is 14.5. The van der Waals surface area contributed by atoms with Crippen LogP contribution in [0, 0.1) is 0 Å². The van der Waals surface area contributed by atoms with E-state index < -0.39 is 0 Å². The van der Waals surface area contributed by atoms with Crippen LogP contribution < -0.4 is 14.8 Å². The van der Waals surface area contributed by atoms with Crippen LogP contribution in [0.2, 0.25) is 0 Å². The molecular weight excluding hydrogens is 312 g/mol. The highest BCUT2D eigenvalue weighted by Crippen LogP contribution is 2.34. The van der Waals surface area contributed by atoms with Gasteiger partial charge in [0, 0.05) is 13.1 Å². The van der Waals surface area contributed by atoms with Gasteiger partial charge in [0.05, 0.1) is 6.04 Å². The van der Waals surface area contributed by atoms with Gasteiger partial charge in [0.15, 0.2) is 11.5 Å². The summed E-state index contributed by atoms with van der Waals surface area (Å²) < 4.78 is 10.7. The van der Waals surface area contributed by atoms with Crippen molar-refractivity contribution in [2.75, 3.05) is 13.3 Å². The van der Waals surface area contributed by atoms with E-state index in [-0.39, 0.29) is 18.9 Å². The van der Waals surface area contributed by atoms with Crippen LogP contribution in [0.15, 0.2) is 35.0 Å². The second kappa shape index (κ2) is 6.12. The third-order valence-corrected chi connectivity index (χ3v) is 5.02. The minimum atomic E-state index is -0.00336. The first kappa shape index (κ1) is 14.4. The summed E-state index contributed by atoms with van der Waals surface area (Å²) >= 11 is 1.68. The van der Waals surface area contributed by atoms with Crippen molar-refractivity contribution in [2.24, 2.45) is 0 Å². The molecule has 5 nitrogen and oxygen atoms in total. The quantitative estimate of drug-likeness (QED) is 0.937. The lowest BCUT2D eigenvalue weighted by Crippen LogP contribution is -2.39. The Morgan fingerprint density at radius 3 is 3.09 bits per heavy atom. The zero-order chi connectivity index (χ0) is 15.6. The average Bonchev–Trinajstić information content (AvgIpc) is 3.32. The molecule has 1 aromatic carbocycles. The molecule has 1 N–H and O–H groups in total. The van der Waals surface area contributed by atoms with E-state index in [1.165, 1.54) is 5.56 Å². The van der Waals surface area contributed by atoms with Crippen molar-refractivity contribution in [1.82, 2.24) is 10.2 Å². The fourth-order valence-corrected chi connectivity index (χ4v) is 3.86. The van der Waals surface area contributed by atoms with Gasteiger partial charge in [0.1, 0.15) is 0 Å². The first-order chi connectivity index (χ1) is 11.3. The number of hydrogen-bond acceptors (Lipinski definition) is 4. The highest BCUT2D eigenvalue weighted by molar-refractivity contribution is 7.07. The lowest BCUT2D eigenvalue weighted by Gasteiger charge is -2.24. The Morgan fingerprint density at radius 2 is 2.22 bits per heavy atom. The number of likely N-dealkylation sites (tertiary alicyclic amines) is 1. The fraction of sp³-hybridized carbons (Fsp3) is 0.353. The van der Waals surface area contributed by atoms with Crippen molar-refractivity contribution in [3.63, 3.8) is 0 Å². The minimum Gasteiger partial charge on any atom is -0.454 e. The molecule has 2 amide bonds. The zero-order valence-corrected chi connectivity index (χ0v) is 13.5. The number of thiophene rings is 1. The maximum atomic E-state index is 12.5. The summed E-state index contributed by atoms with van der Waals surface area (Å²) in [5, 5.41) is 7.22. The van der Waals surface area contributed by atoms with Crippen molar-refractivity contribution < 1.29 is 14.3 Å². The van der Waals surface area contributed by atoms with E-state index in [2.05, 4.69) is 22.1 Å². The van der Waals surface area contributed by atoms with Crippen LogP contribution in [0.5, 0.6) is 11.5 Å². The molecule has 6 heteroatoms. The van der Waals surface area contributed by atoms with Crippen molar-refractivity contribution >= 4 is 17.4 Å². The highest BCUT2D eigenvalue weighted by Gasteiger charge is 2.30. The molecule has 0 spiro atoms. The van der Waals surface area contributed by atoms with Gasteiger partial charge in [-0.3, -0.25) is 0 Å². The molecule has 0 unspecified atom stereocenters. The first-order valence-corrected chi connectivity index (χ1v) is 8.70. The molecule has 1 saturated heterocycles. The second-order valence-electron chi connectivity index (χ2n) is 5.75. The largest absolute Gasteiger partial charge is 0.454 e. The molecule has 120 valence electrons. The molecule has 23 heavy (non-hydrogen) atoms. The van der Waals surface area contributed by atoms with Crippen molar-refractivity contribution in [3.8, 4) is 11.5 Å². The summed E-state index contributed by atoms with van der Waals surface area (Å²) in [6.45, 7) is 1.57. The highest BCUT2D eigenvalue weighted by atomic mass is 32.1. The molecule has 0 bridgehead atoms. The number of carbonyl (C=O) groups excluding carboxylic acids is 1. The first-order valence-electron chi connectivity index (χ1n) is 7.76. The van der Waals surface area contributed by atoms with Crippen molar-refractivity contribution in [1.29, 1.82) is 0 Å². The average molecular weight is 330 g/mol. The van der Waals surface area contributed by atoms with Crippen LogP contribution in [-0.2, 0) is 6.54 Å². The summed E-state index contributed by atoms with van der Waals surface area (Å²) in [6, 6.07) is 8.07. The third-order valence-electron chi connectivity index (χ3n) is 4.32. The zero-order valence-electron chi connectivity index (χ0n) is 12.7. The molecule has 2 aliphatic heterocycles. The lowest BCUT2D eigenvalue weighted by atomic mass is 10.1. The van der Waals surface area contributed by atoms with Crippen LogP contribution >= 0.6 is 11.3 Å². The maximum Gasteiger partial charge on any atom is 0.318 e. The predicted molar refractivity (Wildman–Crippen MR) is 87.8 cm³/mol. The van der Waals surface area contributed by atoms with Gasteiger partial charge in [-0.05, 0) is 52.9 Å². The molecule has 1 fully saturated rings. The van der Waals surface area contributed by atoms with Crippen LogP contribution in [0.25, 0.3) is 0 Å². The summed E-state index contributed by atoms with van der Waals surface area (Å²) in [5.41, 5.74) is 2.25. The Balaban J connectivity index is 1.40. The molecule has 0 radical (unpaired) electrons. The molecule has 4 rings (SSSR count). The van der Waals surface area contributed by atoms with Crippen LogP contribution in [0.4, 0.5) is 4.79 Å². The number of benzene rings is 1. The normalized spacial score (nSPS) is 19.1. The van der Waals surface area contributed by atoms with E-state index in [0.717, 1.165) is 36.4 Å². The van der Waals surface area contributed by atoms with E-state index in [1.807, 2.05) is 23.1 Å². The van der Waals surface area contributed by atoms with Gasteiger partial charge in [-0.1, -0.05) is 6.07 Å². The van der Waals surface area contributed by atoms with Crippen molar-refractivity contribution in [3.05, 3.63) is 46.2 Å². The Morgan fingerprint density at radius 1 is 1.30 bits per heavy atom. The van der Waals surface area contributed by atoms with Gasteiger partial charge in [-0.2, -0.15) is 11.3 Å². The van der Waals surface area contributed by atoms with E-state index in [1.54, 1.807) is 11.3 Å². The van der Waals surface area contributed by atoms with E-state index in [0.29, 0.717) is 6.54 Å².